The summed E-state index contributed by atoms with van der Waals surface area (Å²) in [6.07, 6.45) is 1.38. The second-order valence-corrected chi connectivity index (χ2v) is 10.5. The molecule has 0 aliphatic carbocycles. The number of para-hydroxylation sites is 1. The number of nitrogens with zero attached hydrogens (tertiary/aromatic N) is 1. The summed E-state index contributed by atoms with van der Waals surface area (Å²) in [7, 11) is 1.49. The molecule has 0 radical (unpaired) electrons. The first kappa shape index (κ1) is 28.3. The Labute approximate surface area is 239 Å². The van der Waals surface area contributed by atoms with Gasteiger partial charge in [0.2, 0.25) is 5.91 Å². The fourth-order valence-corrected chi connectivity index (χ4v) is 5.04. The van der Waals surface area contributed by atoms with E-state index in [0.717, 1.165) is 10.9 Å². The van der Waals surface area contributed by atoms with Crippen LogP contribution in [0.3, 0.4) is 0 Å². The molecule has 39 heavy (non-hydrogen) atoms. The van der Waals surface area contributed by atoms with Crippen LogP contribution in [0.5, 0.6) is 11.5 Å². The molecule has 0 aromatic heterocycles. The van der Waals surface area contributed by atoms with Gasteiger partial charge < -0.3 is 30.1 Å². The van der Waals surface area contributed by atoms with Crippen molar-refractivity contribution in [3.05, 3.63) is 82.3 Å². The van der Waals surface area contributed by atoms with Gasteiger partial charge in [-0.15, -0.1) is 0 Å². The Balaban J connectivity index is 1.38. The number of halogens is 2. The van der Waals surface area contributed by atoms with Gasteiger partial charge in [-0.1, -0.05) is 29.8 Å². The van der Waals surface area contributed by atoms with Gasteiger partial charge in [-0.25, -0.2) is 9.59 Å². The zero-order valence-corrected chi connectivity index (χ0v) is 23.4. The third-order valence-electron chi connectivity index (χ3n) is 6.28. The van der Waals surface area contributed by atoms with Crippen molar-refractivity contribution in [2.75, 3.05) is 30.9 Å². The molecule has 11 heteroatoms. The number of urea groups is 1. The zero-order chi connectivity index (χ0) is 28.0. The third-order valence-corrected chi connectivity index (χ3v) is 7.47. The molecule has 1 saturated heterocycles. The number of likely N-dealkylation sites (tertiary alicyclic amines) is 1. The van der Waals surface area contributed by atoms with Gasteiger partial charge in [0.25, 0.3) is 0 Å². The standard InChI is InChI=1S/C28H27BrClN3O6/c1-38-24-15-18(7-12-23(24)32-27(37)31-22-6-3-2-5-21(22)29)16-25(34)33-14-4-13-28(33,30)17-39-20-10-8-19(9-11-20)26(35)36/h2-3,5-12,15H,4,13-14,16-17H2,1H3,(H,35,36)(H2,31,32,37)/t28-/m1/s1. The van der Waals surface area contributed by atoms with Crippen LogP contribution in [0.1, 0.15) is 28.8 Å². The molecular formula is C28H27BrClN3O6. The molecule has 1 aliphatic heterocycles. The molecule has 0 spiro atoms. The van der Waals surface area contributed by atoms with E-state index >= 15 is 0 Å². The summed E-state index contributed by atoms with van der Waals surface area (Å²) in [6.45, 7) is 0.557. The highest BCUT2D eigenvalue weighted by Gasteiger charge is 2.42. The van der Waals surface area contributed by atoms with Crippen LogP contribution in [0.2, 0.25) is 0 Å². The van der Waals surface area contributed by atoms with Gasteiger partial charge in [0.05, 0.1) is 30.5 Å². The first-order chi connectivity index (χ1) is 18.7. The SMILES string of the molecule is COc1cc(CC(=O)N2CCC[C@]2(Cl)COc2ccc(C(=O)O)cc2)ccc1NC(=O)Nc1ccccc1Br. The molecule has 3 amide bonds. The number of nitrogens with one attached hydrogen (secondary N) is 2. The highest BCUT2D eigenvalue weighted by molar-refractivity contribution is 9.10. The van der Waals surface area contributed by atoms with E-state index in [1.165, 1.54) is 19.2 Å². The van der Waals surface area contributed by atoms with Crippen LogP contribution in [-0.4, -0.2) is 53.2 Å². The van der Waals surface area contributed by atoms with E-state index in [2.05, 4.69) is 26.6 Å². The predicted molar refractivity (Wildman–Crippen MR) is 152 cm³/mol. The zero-order valence-electron chi connectivity index (χ0n) is 21.1. The van der Waals surface area contributed by atoms with Crippen molar-refractivity contribution in [3.8, 4) is 11.5 Å². The largest absolute Gasteiger partial charge is 0.495 e. The molecule has 0 unspecified atom stereocenters. The second kappa shape index (κ2) is 12.4. The number of carboxylic acid groups (broad SMARTS) is 1. The summed E-state index contributed by atoms with van der Waals surface area (Å²) in [5, 5.41) is 14.6. The van der Waals surface area contributed by atoms with E-state index in [1.54, 1.807) is 41.3 Å². The molecule has 204 valence electrons. The first-order valence-corrected chi connectivity index (χ1v) is 13.3. The lowest BCUT2D eigenvalue weighted by molar-refractivity contribution is -0.133. The van der Waals surface area contributed by atoms with Crippen molar-refractivity contribution >= 4 is 56.8 Å². The number of rotatable bonds is 9. The molecule has 0 bridgehead atoms. The Morgan fingerprint density at radius 3 is 2.46 bits per heavy atom. The van der Waals surface area contributed by atoms with Crippen molar-refractivity contribution in [2.45, 2.75) is 24.3 Å². The molecule has 9 nitrogen and oxygen atoms in total. The topological polar surface area (TPSA) is 117 Å². The Hall–Kier alpha value is -3.76. The average Bonchev–Trinajstić information content (AvgIpc) is 3.31. The number of ether oxygens (including phenoxy) is 2. The van der Waals surface area contributed by atoms with Crippen LogP contribution >= 0.6 is 27.5 Å². The maximum Gasteiger partial charge on any atom is 0.335 e. The molecule has 1 aliphatic rings. The van der Waals surface area contributed by atoms with E-state index < -0.39 is 17.0 Å². The molecule has 0 saturated carbocycles. The number of carboxylic acids is 1. The van der Waals surface area contributed by atoms with Gasteiger partial charge in [0, 0.05) is 11.0 Å². The molecular weight excluding hydrogens is 590 g/mol. The number of hydrogen-bond donors (Lipinski definition) is 3. The van der Waals surface area contributed by atoms with Gasteiger partial charge in [0.15, 0.2) is 5.00 Å². The Morgan fingerprint density at radius 1 is 1.05 bits per heavy atom. The van der Waals surface area contributed by atoms with Crippen molar-refractivity contribution in [2.24, 2.45) is 0 Å². The van der Waals surface area contributed by atoms with Gasteiger partial charge in [-0.3, -0.25) is 4.79 Å². The average molecular weight is 617 g/mol. The number of carbonyl (C=O) groups excluding carboxylic acids is 2. The second-order valence-electron chi connectivity index (χ2n) is 8.96. The van der Waals surface area contributed by atoms with Crippen LogP contribution < -0.4 is 20.1 Å². The number of anilines is 2. The fraction of sp³-hybridized carbons (Fsp3) is 0.250. The van der Waals surface area contributed by atoms with Gasteiger partial charge in [-0.05, 0) is 82.9 Å². The quantitative estimate of drug-likeness (QED) is 0.201. The summed E-state index contributed by atoms with van der Waals surface area (Å²) in [5.41, 5.74) is 1.92. The molecule has 1 fully saturated rings. The highest BCUT2D eigenvalue weighted by atomic mass is 79.9. The summed E-state index contributed by atoms with van der Waals surface area (Å²) in [4.78, 5) is 37.4. The van der Waals surface area contributed by atoms with E-state index in [1.807, 2.05) is 18.2 Å². The molecule has 3 aromatic carbocycles. The number of alkyl halides is 1. The van der Waals surface area contributed by atoms with Crippen molar-refractivity contribution in [1.82, 2.24) is 4.90 Å². The lowest BCUT2D eigenvalue weighted by Crippen LogP contribution is -2.47. The normalized spacial score (nSPS) is 16.4. The fourth-order valence-electron chi connectivity index (χ4n) is 4.29. The van der Waals surface area contributed by atoms with Gasteiger partial charge in [-0.2, -0.15) is 0 Å². The molecule has 1 heterocycles. The van der Waals surface area contributed by atoms with Crippen molar-refractivity contribution in [1.29, 1.82) is 0 Å². The lowest BCUT2D eigenvalue weighted by Gasteiger charge is -2.33. The summed E-state index contributed by atoms with van der Waals surface area (Å²) >= 11 is 10.2. The number of carbonyl (C=O) groups is 3. The minimum atomic E-state index is -1.02. The Kier molecular flexibility index (Phi) is 8.98. The lowest BCUT2D eigenvalue weighted by atomic mass is 10.1. The van der Waals surface area contributed by atoms with E-state index in [4.69, 9.17) is 26.2 Å². The molecule has 1 atom stereocenters. The maximum atomic E-state index is 13.3. The third kappa shape index (κ3) is 7.01. The summed E-state index contributed by atoms with van der Waals surface area (Å²) in [6, 6.07) is 18.0. The van der Waals surface area contributed by atoms with Crippen LogP contribution in [0.4, 0.5) is 16.2 Å². The van der Waals surface area contributed by atoms with E-state index in [0.29, 0.717) is 41.4 Å². The highest BCUT2D eigenvalue weighted by Crippen LogP contribution is 2.35. The van der Waals surface area contributed by atoms with Crippen LogP contribution in [-0.2, 0) is 11.2 Å². The summed E-state index contributed by atoms with van der Waals surface area (Å²) in [5.74, 6) is -0.307. The van der Waals surface area contributed by atoms with E-state index in [-0.39, 0.29) is 24.5 Å². The predicted octanol–water partition coefficient (Wildman–Crippen LogP) is 5.98. The van der Waals surface area contributed by atoms with Crippen molar-refractivity contribution in [3.63, 3.8) is 0 Å². The number of hydrogen-bond acceptors (Lipinski definition) is 5. The minimum Gasteiger partial charge on any atom is -0.495 e. The maximum absolute atomic E-state index is 13.3. The minimum absolute atomic E-state index is 0.0610. The smallest absolute Gasteiger partial charge is 0.335 e. The van der Waals surface area contributed by atoms with Crippen LogP contribution in [0.25, 0.3) is 0 Å². The Bertz CT molecular complexity index is 1370. The van der Waals surface area contributed by atoms with Crippen molar-refractivity contribution < 1.29 is 29.0 Å². The number of aromatic carboxylic acids is 1. The molecule has 3 N–H and O–H groups in total. The number of methoxy groups -OCH3 is 1. The van der Waals surface area contributed by atoms with Crippen LogP contribution in [0, 0.1) is 0 Å². The van der Waals surface area contributed by atoms with Gasteiger partial charge in [0.1, 0.15) is 18.1 Å². The monoisotopic (exact) mass is 615 g/mol. The van der Waals surface area contributed by atoms with Crippen LogP contribution in [0.15, 0.2) is 71.2 Å². The summed E-state index contributed by atoms with van der Waals surface area (Å²) < 4.78 is 12.0. The molecule has 3 aromatic rings. The first-order valence-electron chi connectivity index (χ1n) is 12.1. The van der Waals surface area contributed by atoms with E-state index in [9.17, 15) is 14.4 Å². The number of benzene rings is 3. The van der Waals surface area contributed by atoms with Gasteiger partial charge >= 0.3 is 12.0 Å². The Morgan fingerprint density at radius 2 is 1.77 bits per heavy atom. The number of amides is 3. The molecule has 4 rings (SSSR count).